The summed E-state index contributed by atoms with van der Waals surface area (Å²) >= 11 is 0. The predicted octanol–water partition coefficient (Wildman–Crippen LogP) is 0.781. The van der Waals surface area contributed by atoms with E-state index < -0.39 is 26.9 Å². The van der Waals surface area contributed by atoms with Gasteiger partial charge < -0.3 is 15.5 Å². The molecule has 8 nitrogen and oxygen atoms in total. The third kappa shape index (κ3) is 6.65. The molecule has 2 aromatic rings. The molecule has 1 atom stereocenters. The smallest absolute Gasteiger partial charge is 0.309 e. The van der Waals surface area contributed by atoms with Crippen LogP contribution in [0.3, 0.4) is 0 Å². The van der Waals surface area contributed by atoms with Gasteiger partial charge in [0.1, 0.15) is 5.25 Å². The van der Waals surface area contributed by atoms with E-state index in [2.05, 4.69) is 15.6 Å². The van der Waals surface area contributed by atoms with Crippen molar-refractivity contribution in [3.63, 3.8) is 0 Å². The minimum atomic E-state index is -3.80. The van der Waals surface area contributed by atoms with Crippen LogP contribution in [0.1, 0.15) is 17.2 Å². The van der Waals surface area contributed by atoms with Gasteiger partial charge in [0, 0.05) is 25.5 Å². The zero-order chi connectivity index (χ0) is 21.3. The largest absolute Gasteiger partial charge is 0.348 e. The van der Waals surface area contributed by atoms with Gasteiger partial charge in [0.15, 0.2) is 9.84 Å². The summed E-state index contributed by atoms with van der Waals surface area (Å²) in [6, 6.07) is 11.2. The molecule has 9 heteroatoms. The van der Waals surface area contributed by atoms with E-state index in [1.165, 1.54) is 24.5 Å². The Balaban J connectivity index is 2.08. The predicted molar refractivity (Wildman–Crippen MR) is 110 cm³/mol. The van der Waals surface area contributed by atoms with E-state index in [-0.39, 0.29) is 11.4 Å². The summed E-state index contributed by atoms with van der Waals surface area (Å²) in [6.07, 6.45) is 3.68. The van der Waals surface area contributed by atoms with Crippen LogP contribution in [0.25, 0.3) is 0 Å². The van der Waals surface area contributed by atoms with Gasteiger partial charge >= 0.3 is 11.8 Å². The quantitative estimate of drug-likeness (QED) is 0.460. The monoisotopic (exact) mass is 418 g/mol. The van der Waals surface area contributed by atoms with Crippen molar-refractivity contribution in [2.75, 3.05) is 33.7 Å². The van der Waals surface area contributed by atoms with Crippen LogP contribution in [0, 0.1) is 0 Å². The number of sulfone groups is 1. The standard InChI is InChI=1S/C20H26N4O4S/c1-24(2)13-7-12-22-19(25)20(26)23-15-18(16-8-6-11-21-14-16)29(27,28)17-9-4-3-5-10-17/h3-6,8-11,14,18H,7,12-13,15H2,1-2H3,(H,22,25)(H,23,26)/t18-/m0/s1. The molecule has 0 fully saturated rings. The number of nitrogens with zero attached hydrogens (tertiary/aromatic N) is 2. The molecule has 2 amide bonds. The number of benzene rings is 1. The molecule has 0 saturated heterocycles. The number of nitrogens with one attached hydrogen (secondary N) is 2. The molecule has 2 rings (SSSR count). The van der Waals surface area contributed by atoms with E-state index in [0.717, 1.165) is 6.54 Å². The minimum Gasteiger partial charge on any atom is -0.348 e. The maximum absolute atomic E-state index is 13.1. The Bertz CT molecular complexity index is 903. The number of carbonyl (C=O) groups is 2. The number of hydrogen-bond acceptors (Lipinski definition) is 6. The second-order valence-electron chi connectivity index (χ2n) is 6.76. The van der Waals surface area contributed by atoms with Gasteiger partial charge in [0.2, 0.25) is 0 Å². The Hall–Kier alpha value is -2.78. The van der Waals surface area contributed by atoms with Crippen LogP contribution in [0.5, 0.6) is 0 Å². The van der Waals surface area contributed by atoms with Gasteiger partial charge in [-0.05, 0) is 50.8 Å². The Morgan fingerprint density at radius 2 is 1.72 bits per heavy atom. The zero-order valence-corrected chi connectivity index (χ0v) is 17.4. The van der Waals surface area contributed by atoms with E-state index in [4.69, 9.17) is 0 Å². The van der Waals surface area contributed by atoms with Crippen molar-refractivity contribution < 1.29 is 18.0 Å². The molecule has 0 unspecified atom stereocenters. The minimum absolute atomic E-state index is 0.135. The summed E-state index contributed by atoms with van der Waals surface area (Å²) in [7, 11) is 0.0360. The lowest BCUT2D eigenvalue weighted by molar-refractivity contribution is -0.139. The molecular weight excluding hydrogens is 392 g/mol. The number of aromatic nitrogens is 1. The third-order valence-electron chi connectivity index (χ3n) is 4.22. The molecule has 0 radical (unpaired) electrons. The second kappa shape index (κ2) is 10.7. The first-order valence-corrected chi connectivity index (χ1v) is 10.8. The van der Waals surface area contributed by atoms with E-state index >= 15 is 0 Å². The summed E-state index contributed by atoms with van der Waals surface area (Å²) in [5.74, 6) is -1.65. The van der Waals surface area contributed by atoms with Crippen molar-refractivity contribution in [2.24, 2.45) is 0 Å². The van der Waals surface area contributed by atoms with Crippen molar-refractivity contribution in [3.05, 3.63) is 60.4 Å². The van der Waals surface area contributed by atoms with E-state index in [1.807, 2.05) is 19.0 Å². The van der Waals surface area contributed by atoms with Crippen molar-refractivity contribution in [2.45, 2.75) is 16.6 Å². The van der Waals surface area contributed by atoms with Gasteiger partial charge in [-0.3, -0.25) is 14.6 Å². The van der Waals surface area contributed by atoms with Gasteiger partial charge in [0.25, 0.3) is 0 Å². The fraction of sp³-hybridized carbons (Fsp3) is 0.350. The van der Waals surface area contributed by atoms with Crippen molar-refractivity contribution in [3.8, 4) is 0 Å². The van der Waals surface area contributed by atoms with Gasteiger partial charge in [-0.15, -0.1) is 0 Å². The molecule has 1 heterocycles. The highest BCUT2D eigenvalue weighted by Gasteiger charge is 2.30. The van der Waals surface area contributed by atoms with Gasteiger partial charge in [-0.2, -0.15) is 0 Å². The lowest BCUT2D eigenvalue weighted by atomic mass is 10.2. The maximum atomic E-state index is 13.1. The summed E-state index contributed by atoms with van der Waals surface area (Å²) in [4.78, 5) is 30.2. The van der Waals surface area contributed by atoms with E-state index in [1.54, 1.807) is 30.3 Å². The van der Waals surface area contributed by atoms with Crippen molar-refractivity contribution in [1.82, 2.24) is 20.5 Å². The SMILES string of the molecule is CN(C)CCCNC(=O)C(=O)NC[C@@H](c1cccnc1)S(=O)(=O)c1ccccc1. The number of amides is 2. The summed E-state index contributed by atoms with van der Waals surface area (Å²) < 4.78 is 26.2. The number of carbonyl (C=O) groups excluding carboxylic acids is 2. The Labute approximate surface area is 171 Å². The Morgan fingerprint density at radius 1 is 1.03 bits per heavy atom. The molecule has 1 aromatic carbocycles. The molecule has 1 aromatic heterocycles. The average molecular weight is 419 g/mol. The van der Waals surface area contributed by atoms with Crippen molar-refractivity contribution in [1.29, 1.82) is 0 Å². The number of rotatable bonds is 9. The van der Waals surface area contributed by atoms with E-state index in [9.17, 15) is 18.0 Å². The lowest BCUT2D eigenvalue weighted by Gasteiger charge is -2.18. The molecule has 156 valence electrons. The molecule has 0 spiro atoms. The zero-order valence-electron chi connectivity index (χ0n) is 16.5. The fourth-order valence-corrected chi connectivity index (χ4v) is 4.36. The molecule has 0 bridgehead atoms. The second-order valence-corrected chi connectivity index (χ2v) is 8.89. The average Bonchev–Trinajstić information content (AvgIpc) is 2.72. The maximum Gasteiger partial charge on any atom is 0.309 e. The molecule has 0 saturated carbocycles. The van der Waals surface area contributed by atoms with Gasteiger partial charge in [-0.1, -0.05) is 24.3 Å². The first-order valence-electron chi connectivity index (χ1n) is 9.22. The molecule has 0 aliphatic carbocycles. The molecular formula is C20H26N4O4S. The van der Waals surface area contributed by atoms with Crippen LogP contribution >= 0.6 is 0 Å². The summed E-state index contributed by atoms with van der Waals surface area (Å²) in [5, 5.41) is 3.90. The normalized spacial score (nSPS) is 12.4. The highest BCUT2D eigenvalue weighted by molar-refractivity contribution is 7.91. The fourth-order valence-electron chi connectivity index (χ4n) is 2.69. The van der Waals surface area contributed by atoms with Crippen LogP contribution in [0.2, 0.25) is 0 Å². The van der Waals surface area contributed by atoms with E-state index in [0.29, 0.717) is 18.5 Å². The van der Waals surface area contributed by atoms with Crippen LogP contribution in [-0.2, 0) is 19.4 Å². The first kappa shape index (κ1) is 22.5. The summed E-state index contributed by atoms with van der Waals surface area (Å²) in [6.45, 7) is 0.895. The topological polar surface area (TPSA) is 108 Å². The van der Waals surface area contributed by atoms with Crippen molar-refractivity contribution >= 4 is 21.7 Å². The molecule has 0 aliphatic heterocycles. The summed E-state index contributed by atoms with van der Waals surface area (Å²) in [5.41, 5.74) is 0.433. The van der Waals surface area contributed by atoms with Crippen LogP contribution in [-0.4, -0.2) is 63.8 Å². The highest BCUT2D eigenvalue weighted by atomic mass is 32.2. The molecule has 2 N–H and O–H groups in total. The number of pyridine rings is 1. The van der Waals surface area contributed by atoms with Gasteiger partial charge in [0.05, 0.1) is 4.90 Å². The Kier molecular flexibility index (Phi) is 8.29. The third-order valence-corrected chi connectivity index (χ3v) is 6.34. The first-order chi connectivity index (χ1) is 13.8. The van der Waals surface area contributed by atoms with Crippen LogP contribution in [0.4, 0.5) is 0 Å². The van der Waals surface area contributed by atoms with Crippen LogP contribution < -0.4 is 10.6 Å². The molecule has 0 aliphatic rings. The number of hydrogen-bond donors (Lipinski definition) is 2. The highest BCUT2D eigenvalue weighted by Crippen LogP contribution is 2.27. The van der Waals surface area contributed by atoms with Crippen LogP contribution in [0.15, 0.2) is 59.8 Å². The lowest BCUT2D eigenvalue weighted by Crippen LogP contribution is -2.42. The molecule has 29 heavy (non-hydrogen) atoms. The van der Waals surface area contributed by atoms with Gasteiger partial charge in [-0.25, -0.2) is 8.42 Å². The Morgan fingerprint density at radius 3 is 2.34 bits per heavy atom.